The summed E-state index contributed by atoms with van der Waals surface area (Å²) in [5.41, 5.74) is 0.00804. The van der Waals surface area contributed by atoms with Gasteiger partial charge in [0.25, 0.3) is 0 Å². The van der Waals surface area contributed by atoms with Crippen molar-refractivity contribution in [1.29, 1.82) is 0 Å². The molecule has 84 valence electrons. The van der Waals surface area contributed by atoms with Gasteiger partial charge in [0.1, 0.15) is 0 Å². The van der Waals surface area contributed by atoms with Crippen molar-refractivity contribution in [3.8, 4) is 0 Å². The summed E-state index contributed by atoms with van der Waals surface area (Å²) in [6.45, 7) is 7.90. The Morgan fingerprint density at radius 1 is 1.36 bits per heavy atom. The van der Waals surface area contributed by atoms with Crippen LogP contribution in [0.5, 0.6) is 0 Å². The van der Waals surface area contributed by atoms with Gasteiger partial charge in [-0.25, -0.2) is 0 Å². The largest absolute Gasteiger partial charge is 0.396 e. The van der Waals surface area contributed by atoms with Crippen LogP contribution in [0.2, 0.25) is 0 Å². The minimum absolute atomic E-state index is 0.00804. The highest BCUT2D eigenvalue weighted by atomic mass is 16.3. The molecule has 0 aromatic heterocycles. The van der Waals surface area contributed by atoms with E-state index in [1.807, 2.05) is 0 Å². The van der Waals surface area contributed by atoms with Gasteiger partial charge in [-0.15, -0.1) is 0 Å². The van der Waals surface area contributed by atoms with Crippen LogP contribution in [0.1, 0.15) is 26.7 Å². The second-order valence-electron chi connectivity index (χ2n) is 5.22. The van der Waals surface area contributed by atoms with Gasteiger partial charge in [0.2, 0.25) is 0 Å². The van der Waals surface area contributed by atoms with Gasteiger partial charge >= 0.3 is 0 Å². The molecule has 1 saturated heterocycles. The Bertz CT molecular complexity index is 171. The Labute approximate surface area is 86.7 Å². The molecule has 14 heavy (non-hydrogen) atoms. The zero-order valence-electron chi connectivity index (χ0n) is 9.37. The highest BCUT2D eigenvalue weighted by molar-refractivity contribution is 4.80. The van der Waals surface area contributed by atoms with E-state index in [4.69, 9.17) is 10.2 Å². The molecule has 1 aliphatic heterocycles. The maximum atomic E-state index is 9.16. The fourth-order valence-electron chi connectivity index (χ4n) is 2.13. The average molecular weight is 201 g/mol. The standard InChI is InChI=1S/C11H23NO2/c1-11(2,9-14)8-12-5-3-10(7-12)4-6-13/h10,13-14H,3-9H2,1-2H3. The molecule has 1 heterocycles. The lowest BCUT2D eigenvalue weighted by Gasteiger charge is -2.28. The maximum Gasteiger partial charge on any atom is 0.0494 e. The third kappa shape index (κ3) is 3.56. The monoisotopic (exact) mass is 201 g/mol. The normalized spacial score (nSPS) is 24.4. The van der Waals surface area contributed by atoms with Gasteiger partial charge in [-0.05, 0) is 25.3 Å². The summed E-state index contributed by atoms with van der Waals surface area (Å²) < 4.78 is 0. The lowest BCUT2D eigenvalue weighted by molar-refractivity contribution is 0.112. The summed E-state index contributed by atoms with van der Waals surface area (Å²) in [7, 11) is 0. The second kappa shape index (κ2) is 5.10. The van der Waals surface area contributed by atoms with Gasteiger partial charge in [0.15, 0.2) is 0 Å². The fourth-order valence-corrected chi connectivity index (χ4v) is 2.13. The van der Waals surface area contributed by atoms with Crippen LogP contribution in [-0.4, -0.2) is 48.0 Å². The third-order valence-electron chi connectivity index (χ3n) is 2.99. The van der Waals surface area contributed by atoms with Gasteiger partial charge in [-0.3, -0.25) is 0 Å². The van der Waals surface area contributed by atoms with E-state index in [9.17, 15) is 0 Å². The number of hydrogen-bond donors (Lipinski definition) is 2. The number of hydrogen-bond acceptors (Lipinski definition) is 3. The molecule has 0 amide bonds. The van der Waals surface area contributed by atoms with E-state index in [1.54, 1.807) is 0 Å². The summed E-state index contributed by atoms with van der Waals surface area (Å²) >= 11 is 0. The van der Waals surface area contributed by atoms with Gasteiger partial charge in [0.05, 0.1) is 0 Å². The summed E-state index contributed by atoms with van der Waals surface area (Å²) in [5, 5.41) is 18.0. The Morgan fingerprint density at radius 3 is 2.64 bits per heavy atom. The van der Waals surface area contributed by atoms with Crippen LogP contribution >= 0.6 is 0 Å². The van der Waals surface area contributed by atoms with Crippen LogP contribution in [0.25, 0.3) is 0 Å². The Balaban J connectivity index is 2.28. The number of likely N-dealkylation sites (tertiary alicyclic amines) is 1. The summed E-state index contributed by atoms with van der Waals surface area (Å²) in [4.78, 5) is 2.40. The highest BCUT2D eigenvalue weighted by Gasteiger charge is 2.27. The Hall–Kier alpha value is -0.120. The van der Waals surface area contributed by atoms with Crippen molar-refractivity contribution in [1.82, 2.24) is 4.90 Å². The van der Waals surface area contributed by atoms with Crippen molar-refractivity contribution in [3.05, 3.63) is 0 Å². The molecule has 3 heteroatoms. The number of nitrogens with zero attached hydrogens (tertiary/aromatic N) is 1. The third-order valence-corrected chi connectivity index (χ3v) is 2.99. The molecule has 0 aromatic rings. The van der Waals surface area contributed by atoms with Crippen LogP contribution in [0.4, 0.5) is 0 Å². The highest BCUT2D eigenvalue weighted by Crippen LogP contribution is 2.23. The van der Waals surface area contributed by atoms with Crippen LogP contribution in [0.3, 0.4) is 0 Å². The summed E-state index contributed by atoms with van der Waals surface area (Å²) in [5.74, 6) is 0.662. The van der Waals surface area contributed by atoms with E-state index in [0.717, 1.165) is 26.1 Å². The first-order valence-electron chi connectivity index (χ1n) is 5.51. The van der Waals surface area contributed by atoms with Crippen molar-refractivity contribution < 1.29 is 10.2 Å². The smallest absolute Gasteiger partial charge is 0.0494 e. The van der Waals surface area contributed by atoms with E-state index in [2.05, 4.69) is 18.7 Å². The molecule has 0 radical (unpaired) electrons. The van der Waals surface area contributed by atoms with Gasteiger partial charge in [-0.2, -0.15) is 0 Å². The zero-order chi connectivity index (χ0) is 10.6. The first kappa shape index (κ1) is 12.0. The second-order valence-corrected chi connectivity index (χ2v) is 5.22. The van der Waals surface area contributed by atoms with Crippen molar-refractivity contribution in [2.45, 2.75) is 26.7 Å². The molecule has 0 saturated carbocycles. The van der Waals surface area contributed by atoms with Gasteiger partial charge in [0, 0.05) is 31.7 Å². The van der Waals surface area contributed by atoms with E-state index in [1.165, 1.54) is 6.42 Å². The lowest BCUT2D eigenvalue weighted by atomic mass is 9.94. The SMILES string of the molecule is CC(C)(CO)CN1CCC(CCO)C1. The van der Waals surface area contributed by atoms with Gasteiger partial charge in [-0.1, -0.05) is 13.8 Å². The molecule has 1 rings (SSSR count). The minimum Gasteiger partial charge on any atom is -0.396 e. The zero-order valence-corrected chi connectivity index (χ0v) is 9.37. The number of rotatable bonds is 5. The van der Waals surface area contributed by atoms with E-state index >= 15 is 0 Å². The Morgan fingerprint density at radius 2 is 2.07 bits per heavy atom. The molecule has 0 bridgehead atoms. The van der Waals surface area contributed by atoms with E-state index in [-0.39, 0.29) is 12.0 Å². The Kier molecular flexibility index (Phi) is 4.35. The van der Waals surface area contributed by atoms with Crippen molar-refractivity contribution in [2.75, 3.05) is 32.8 Å². The van der Waals surface area contributed by atoms with Gasteiger partial charge < -0.3 is 15.1 Å². The van der Waals surface area contributed by atoms with Crippen LogP contribution in [0.15, 0.2) is 0 Å². The first-order chi connectivity index (χ1) is 6.57. The first-order valence-corrected chi connectivity index (χ1v) is 5.51. The molecule has 0 spiro atoms. The molecule has 1 aliphatic rings. The van der Waals surface area contributed by atoms with Crippen molar-refractivity contribution in [3.63, 3.8) is 0 Å². The topological polar surface area (TPSA) is 43.7 Å². The quantitative estimate of drug-likeness (QED) is 0.688. The molecule has 1 fully saturated rings. The van der Waals surface area contributed by atoms with E-state index in [0.29, 0.717) is 12.5 Å². The molecule has 0 aliphatic carbocycles. The summed E-state index contributed by atoms with van der Waals surface area (Å²) in [6.07, 6.45) is 2.12. The fraction of sp³-hybridized carbons (Fsp3) is 1.00. The summed E-state index contributed by atoms with van der Waals surface area (Å²) in [6, 6.07) is 0. The molecule has 3 nitrogen and oxygen atoms in total. The molecular weight excluding hydrogens is 178 g/mol. The lowest BCUT2D eigenvalue weighted by Crippen LogP contribution is -2.35. The molecular formula is C11H23NO2. The predicted octanol–water partition coefficient (Wildman–Crippen LogP) is 0.709. The van der Waals surface area contributed by atoms with Crippen molar-refractivity contribution in [2.24, 2.45) is 11.3 Å². The predicted molar refractivity (Wildman–Crippen MR) is 57.1 cm³/mol. The minimum atomic E-state index is 0.00804. The van der Waals surface area contributed by atoms with Crippen LogP contribution in [-0.2, 0) is 0 Å². The number of aliphatic hydroxyl groups is 2. The number of aliphatic hydroxyl groups excluding tert-OH is 2. The van der Waals surface area contributed by atoms with E-state index < -0.39 is 0 Å². The molecule has 1 atom stereocenters. The van der Waals surface area contributed by atoms with Crippen molar-refractivity contribution >= 4 is 0 Å². The molecule has 2 N–H and O–H groups in total. The maximum absolute atomic E-state index is 9.16. The average Bonchev–Trinajstić information content (AvgIpc) is 2.53. The molecule has 0 aromatic carbocycles. The molecule has 1 unspecified atom stereocenters. The van der Waals surface area contributed by atoms with Crippen LogP contribution < -0.4 is 0 Å². The van der Waals surface area contributed by atoms with Crippen LogP contribution in [0, 0.1) is 11.3 Å².